The topological polar surface area (TPSA) is 12.0 Å². The molecule has 1 fully saturated rings. The molecule has 48 valence electrons. The van der Waals surface area contributed by atoms with E-state index in [0.29, 0.717) is 0 Å². The van der Waals surface area contributed by atoms with Gasteiger partial charge in [-0.15, -0.1) is 0 Å². The summed E-state index contributed by atoms with van der Waals surface area (Å²) >= 11 is 0. The van der Waals surface area contributed by atoms with Crippen LogP contribution in [0.2, 0.25) is 0 Å². The summed E-state index contributed by atoms with van der Waals surface area (Å²) in [6, 6.07) is 0. The van der Waals surface area contributed by atoms with Crippen LogP contribution in [-0.2, 0) is 0 Å². The van der Waals surface area contributed by atoms with Crippen LogP contribution in [0.3, 0.4) is 0 Å². The van der Waals surface area contributed by atoms with Crippen LogP contribution in [0.1, 0.15) is 13.8 Å². The Bertz CT molecular complexity index is 76.6. The predicted octanol–water partition coefficient (Wildman–Crippen LogP) is 0.361. The molecule has 0 amide bonds. The first-order valence-electron chi connectivity index (χ1n) is 3.44. The highest BCUT2D eigenvalue weighted by atomic mass is 15.7. The van der Waals surface area contributed by atoms with Gasteiger partial charge in [0.15, 0.2) is 0 Å². The molecule has 1 aliphatic rings. The van der Waals surface area contributed by atoms with Crippen molar-refractivity contribution in [2.75, 3.05) is 26.2 Å². The maximum atomic E-state index is 3.42. The molecule has 1 N–H and O–H groups in total. The molecule has 0 saturated carbocycles. The summed E-state index contributed by atoms with van der Waals surface area (Å²) in [5.74, 6) is 0. The molecular weight excluding hydrogens is 100 g/mol. The van der Waals surface area contributed by atoms with Crippen LogP contribution < -0.4 is 5.43 Å². The first-order chi connectivity index (χ1) is 3.83. The first-order valence-corrected chi connectivity index (χ1v) is 3.44. The molecule has 0 aromatic heterocycles. The zero-order valence-electron chi connectivity index (χ0n) is 5.78. The van der Waals surface area contributed by atoms with Gasteiger partial charge >= 0.3 is 0 Å². The Labute approximate surface area is 51.0 Å². The summed E-state index contributed by atoms with van der Waals surface area (Å²) in [5, 5.41) is 0. The Morgan fingerprint density at radius 3 is 2.12 bits per heavy atom. The highest BCUT2D eigenvalue weighted by Crippen LogP contribution is 2.14. The lowest BCUT2D eigenvalue weighted by atomic mass is 10.7. The van der Waals surface area contributed by atoms with Crippen molar-refractivity contribution in [3.05, 3.63) is 0 Å². The molecule has 0 aliphatic carbocycles. The van der Waals surface area contributed by atoms with Gasteiger partial charge in [-0.3, -0.25) is 0 Å². The monoisotopic (exact) mass is 115 g/mol. The fourth-order valence-electron chi connectivity index (χ4n) is 1.04. The van der Waals surface area contributed by atoms with Gasteiger partial charge in [0.2, 0.25) is 0 Å². The van der Waals surface area contributed by atoms with Gasteiger partial charge in [0.25, 0.3) is 0 Å². The van der Waals surface area contributed by atoms with E-state index in [1.54, 1.807) is 0 Å². The van der Waals surface area contributed by atoms with Gasteiger partial charge in [0.1, 0.15) is 13.1 Å². The van der Waals surface area contributed by atoms with E-state index in [1.807, 2.05) is 0 Å². The SMILES string of the molecule is CCN[N+]1(CC)CC1. The minimum absolute atomic E-state index is 1.10. The van der Waals surface area contributed by atoms with E-state index in [2.05, 4.69) is 19.3 Å². The Kier molecular flexibility index (Phi) is 1.54. The number of nitrogens with one attached hydrogen (secondary N) is 1. The standard InChI is InChI=1S/C6H15N2/c1-3-7-8(4-2)5-6-8/h7H,3-6H2,1-2H3/q+1. The number of nitrogens with zero attached hydrogens (tertiary/aromatic N) is 1. The normalized spacial score (nSPS) is 23.2. The number of hydrogen-bond acceptors (Lipinski definition) is 1. The molecule has 2 heteroatoms. The fourth-order valence-corrected chi connectivity index (χ4v) is 1.04. The van der Waals surface area contributed by atoms with E-state index < -0.39 is 0 Å². The van der Waals surface area contributed by atoms with Gasteiger partial charge in [0, 0.05) is 6.54 Å². The molecule has 1 saturated heterocycles. The van der Waals surface area contributed by atoms with Crippen molar-refractivity contribution in [1.29, 1.82) is 0 Å². The number of hydrogen-bond donors (Lipinski definition) is 1. The lowest BCUT2D eigenvalue weighted by Crippen LogP contribution is -2.40. The van der Waals surface area contributed by atoms with E-state index >= 15 is 0 Å². The van der Waals surface area contributed by atoms with Crippen LogP contribution in [0.25, 0.3) is 0 Å². The summed E-state index contributed by atoms with van der Waals surface area (Å²) in [6.07, 6.45) is 0. The Morgan fingerprint density at radius 2 is 2.00 bits per heavy atom. The number of rotatable bonds is 3. The second-order valence-corrected chi connectivity index (χ2v) is 2.42. The third-order valence-corrected chi connectivity index (χ3v) is 1.86. The zero-order chi connectivity index (χ0) is 6.04. The molecule has 0 spiro atoms. The van der Waals surface area contributed by atoms with Crippen LogP contribution in [0.5, 0.6) is 0 Å². The average Bonchev–Trinajstić information content (AvgIpc) is 2.50. The molecule has 0 atom stereocenters. The van der Waals surface area contributed by atoms with E-state index in [1.165, 1.54) is 19.6 Å². The molecule has 0 aromatic carbocycles. The van der Waals surface area contributed by atoms with Gasteiger partial charge in [-0.2, -0.15) is 5.43 Å². The van der Waals surface area contributed by atoms with Gasteiger partial charge in [-0.1, -0.05) is 0 Å². The molecule has 1 heterocycles. The molecule has 0 unspecified atom stereocenters. The third kappa shape index (κ3) is 1.01. The lowest BCUT2D eigenvalue weighted by Gasteiger charge is -2.14. The molecule has 1 aliphatic heterocycles. The van der Waals surface area contributed by atoms with Gasteiger partial charge in [0.05, 0.1) is 6.54 Å². The van der Waals surface area contributed by atoms with E-state index in [0.717, 1.165) is 11.1 Å². The van der Waals surface area contributed by atoms with Crippen molar-refractivity contribution in [2.45, 2.75) is 13.8 Å². The van der Waals surface area contributed by atoms with E-state index in [4.69, 9.17) is 0 Å². The van der Waals surface area contributed by atoms with Gasteiger partial charge in [-0.25, -0.2) is 4.59 Å². The Balaban J connectivity index is 2.20. The molecule has 1 rings (SSSR count). The quantitative estimate of drug-likeness (QED) is 0.413. The predicted molar refractivity (Wildman–Crippen MR) is 34.2 cm³/mol. The largest absolute Gasteiger partial charge is 0.237 e. The van der Waals surface area contributed by atoms with Gasteiger partial charge < -0.3 is 0 Å². The summed E-state index contributed by atoms with van der Waals surface area (Å²) < 4.78 is 1.16. The first kappa shape index (κ1) is 6.05. The molecule has 8 heavy (non-hydrogen) atoms. The lowest BCUT2D eigenvalue weighted by molar-refractivity contribution is -0.845. The van der Waals surface area contributed by atoms with Crippen LogP contribution in [0, 0.1) is 0 Å². The highest BCUT2D eigenvalue weighted by molar-refractivity contribution is 4.49. The third-order valence-electron chi connectivity index (χ3n) is 1.86. The zero-order valence-corrected chi connectivity index (χ0v) is 5.78. The van der Waals surface area contributed by atoms with E-state index in [-0.39, 0.29) is 0 Å². The number of likely N-dealkylation sites (N-methyl/N-ethyl adjacent to an activating group) is 1. The second-order valence-electron chi connectivity index (χ2n) is 2.42. The summed E-state index contributed by atoms with van der Waals surface area (Å²) in [5.41, 5.74) is 3.42. The Morgan fingerprint density at radius 1 is 1.38 bits per heavy atom. The van der Waals surface area contributed by atoms with Crippen molar-refractivity contribution in [3.63, 3.8) is 0 Å². The maximum absolute atomic E-state index is 3.42. The smallest absolute Gasteiger partial charge is 0.148 e. The number of quaternary nitrogens is 1. The summed E-state index contributed by atoms with van der Waals surface area (Å²) in [4.78, 5) is 0. The maximum Gasteiger partial charge on any atom is 0.148 e. The minimum atomic E-state index is 1.10. The van der Waals surface area contributed by atoms with Crippen LogP contribution in [-0.4, -0.2) is 30.8 Å². The molecule has 0 radical (unpaired) electrons. The average molecular weight is 115 g/mol. The summed E-state index contributed by atoms with van der Waals surface area (Å²) in [7, 11) is 0. The van der Waals surface area contributed by atoms with Crippen molar-refractivity contribution >= 4 is 0 Å². The minimum Gasteiger partial charge on any atom is -0.237 e. The fraction of sp³-hybridized carbons (Fsp3) is 1.00. The Hall–Kier alpha value is -0.0800. The van der Waals surface area contributed by atoms with Crippen LogP contribution in [0.15, 0.2) is 0 Å². The summed E-state index contributed by atoms with van der Waals surface area (Å²) in [6.45, 7) is 9.42. The van der Waals surface area contributed by atoms with Crippen LogP contribution in [0.4, 0.5) is 0 Å². The molecular formula is C6H15N2+. The van der Waals surface area contributed by atoms with E-state index in [9.17, 15) is 0 Å². The van der Waals surface area contributed by atoms with Crippen LogP contribution >= 0.6 is 0 Å². The van der Waals surface area contributed by atoms with Crippen molar-refractivity contribution in [1.82, 2.24) is 5.43 Å². The second kappa shape index (κ2) is 2.03. The van der Waals surface area contributed by atoms with Crippen molar-refractivity contribution in [3.8, 4) is 0 Å². The van der Waals surface area contributed by atoms with Gasteiger partial charge in [-0.05, 0) is 13.8 Å². The highest BCUT2D eigenvalue weighted by Gasteiger charge is 2.39. The molecule has 0 bridgehead atoms. The molecule has 2 nitrogen and oxygen atoms in total. The van der Waals surface area contributed by atoms with Crippen molar-refractivity contribution in [2.24, 2.45) is 0 Å². The van der Waals surface area contributed by atoms with Crippen molar-refractivity contribution < 1.29 is 4.59 Å². The molecule has 0 aromatic rings.